The molecule has 11 heteroatoms. The van der Waals surface area contributed by atoms with Crippen molar-refractivity contribution in [3.8, 4) is 28.8 Å². The summed E-state index contributed by atoms with van der Waals surface area (Å²) in [7, 11) is 1.58. The summed E-state index contributed by atoms with van der Waals surface area (Å²) in [5.41, 5.74) is 2.83. The zero-order valence-electron chi connectivity index (χ0n) is 28.1. The quantitative estimate of drug-likeness (QED) is 0.260. The molecule has 0 aliphatic carbocycles. The first-order valence-electron chi connectivity index (χ1n) is 16.0. The molecular weight excluding hydrogens is 594 g/mol. The molecular formula is C36H41N7O4. The minimum atomic E-state index is -0.572. The minimum absolute atomic E-state index is 0.0207. The number of amides is 1. The fourth-order valence-electron chi connectivity index (χ4n) is 6.85. The predicted molar refractivity (Wildman–Crippen MR) is 180 cm³/mol. The Balaban J connectivity index is 1.53. The van der Waals surface area contributed by atoms with Crippen LogP contribution in [0.3, 0.4) is 0 Å². The maximum Gasteiger partial charge on any atom is 0.410 e. The Morgan fingerprint density at radius 2 is 1.83 bits per heavy atom. The van der Waals surface area contributed by atoms with Gasteiger partial charge in [-0.05, 0) is 76.3 Å². The molecule has 0 radical (unpaired) electrons. The molecule has 47 heavy (non-hydrogen) atoms. The summed E-state index contributed by atoms with van der Waals surface area (Å²) in [5, 5.41) is 11.0. The van der Waals surface area contributed by atoms with Gasteiger partial charge in [0.15, 0.2) is 5.65 Å². The standard InChI is InChI=1S/C36H41N7O4/c1-22(2)28-30(23(3)12-15-38-28)43-32-26(18-24(19-37)29(39-32)25-10-8-9-11-27(25)46-7)31(40-33(43)44)41-16-13-36(20-41)14-17-42(21-36)34(45)47-35(4,5)6/h8-12,15,18,22H,13-14,16-17,20-21H2,1-7H3. The number of hydrogen-bond acceptors (Lipinski definition) is 9. The van der Waals surface area contributed by atoms with Crippen LogP contribution in [0.15, 0.2) is 47.4 Å². The first kappa shape index (κ1) is 32.0. The smallest absolute Gasteiger partial charge is 0.410 e. The molecule has 0 saturated carbocycles. The molecule has 1 atom stereocenters. The number of nitrogens with zero attached hydrogens (tertiary/aromatic N) is 7. The van der Waals surface area contributed by atoms with Crippen LogP contribution in [0.1, 0.15) is 70.2 Å². The fourth-order valence-corrected chi connectivity index (χ4v) is 6.85. The number of nitriles is 1. The molecule has 2 aliphatic heterocycles. The van der Waals surface area contributed by atoms with E-state index >= 15 is 0 Å². The van der Waals surface area contributed by atoms with Crippen LogP contribution in [0.5, 0.6) is 5.75 Å². The summed E-state index contributed by atoms with van der Waals surface area (Å²) in [6, 6.07) is 13.4. The van der Waals surface area contributed by atoms with Crippen molar-refractivity contribution in [2.24, 2.45) is 5.41 Å². The van der Waals surface area contributed by atoms with Gasteiger partial charge in [0.2, 0.25) is 0 Å². The second-order valence-electron chi connectivity index (χ2n) is 14.0. The molecule has 0 bridgehead atoms. The first-order chi connectivity index (χ1) is 22.3. The third-order valence-corrected chi connectivity index (χ3v) is 9.08. The predicted octanol–water partition coefficient (Wildman–Crippen LogP) is 5.99. The van der Waals surface area contributed by atoms with Crippen LogP contribution in [0.2, 0.25) is 0 Å². The van der Waals surface area contributed by atoms with Gasteiger partial charge in [-0.1, -0.05) is 26.0 Å². The van der Waals surface area contributed by atoms with E-state index in [2.05, 4.69) is 16.0 Å². The highest BCUT2D eigenvalue weighted by atomic mass is 16.6. The van der Waals surface area contributed by atoms with Crippen molar-refractivity contribution in [3.63, 3.8) is 0 Å². The SMILES string of the molecule is COc1ccccc1-c1nc2c(cc1C#N)c(N1CCC3(CCN(C(=O)OC(C)(C)C)C3)C1)nc(=O)n2-c1c(C)ccnc1C(C)C. The number of pyridine rings is 2. The number of anilines is 1. The lowest BCUT2D eigenvalue weighted by atomic mass is 9.86. The Bertz CT molecular complexity index is 1970. The Hall–Kier alpha value is -4.98. The fraction of sp³-hybridized carbons (Fsp3) is 0.444. The highest BCUT2D eigenvalue weighted by Gasteiger charge is 2.46. The summed E-state index contributed by atoms with van der Waals surface area (Å²) >= 11 is 0. The Labute approximate surface area is 274 Å². The van der Waals surface area contributed by atoms with Crippen molar-refractivity contribution < 1.29 is 14.3 Å². The van der Waals surface area contributed by atoms with Gasteiger partial charge in [-0.25, -0.2) is 19.1 Å². The number of ether oxygens (including phenoxy) is 2. The average Bonchev–Trinajstić information content (AvgIpc) is 3.65. The van der Waals surface area contributed by atoms with Crippen LogP contribution >= 0.6 is 0 Å². The van der Waals surface area contributed by atoms with Gasteiger partial charge < -0.3 is 19.3 Å². The number of para-hydroxylation sites is 1. The van der Waals surface area contributed by atoms with Crippen molar-refractivity contribution in [2.75, 3.05) is 38.2 Å². The second-order valence-corrected chi connectivity index (χ2v) is 14.0. The number of aromatic nitrogens is 4. The lowest BCUT2D eigenvalue weighted by molar-refractivity contribution is 0.0276. The summed E-state index contributed by atoms with van der Waals surface area (Å²) in [4.78, 5) is 45.5. The van der Waals surface area contributed by atoms with Crippen molar-refractivity contribution >= 4 is 22.9 Å². The van der Waals surface area contributed by atoms with E-state index in [1.807, 2.05) is 71.9 Å². The van der Waals surface area contributed by atoms with Crippen molar-refractivity contribution in [2.45, 2.75) is 65.9 Å². The summed E-state index contributed by atoms with van der Waals surface area (Å²) in [6.07, 6.45) is 3.09. The van der Waals surface area contributed by atoms with Gasteiger partial charge in [0, 0.05) is 43.4 Å². The molecule has 1 aromatic carbocycles. The van der Waals surface area contributed by atoms with Crippen LogP contribution in [0.4, 0.5) is 10.6 Å². The number of hydrogen-bond donors (Lipinski definition) is 0. The molecule has 2 saturated heterocycles. The lowest BCUT2D eigenvalue weighted by Gasteiger charge is -2.27. The van der Waals surface area contributed by atoms with Gasteiger partial charge >= 0.3 is 11.8 Å². The summed E-state index contributed by atoms with van der Waals surface area (Å²) < 4.78 is 12.8. The molecule has 5 heterocycles. The molecule has 4 aromatic rings. The molecule has 2 aliphatic rings. The average molecular weight is 636 g/mol. The van der Waals surface area contributed by atoms with Gasteiger partial charge in [0.05, 0.1) is 35.1 Å². The number of likely N-dealkylation sites (tertiary alicyclic amines) is 1. The lowest BCUT2D eigenvalue weighted by Crippen LogP contribution is -2.38. The van der Waals surface area contributed by atoms with E-state index in [1.54, 1.807) is 28.8 Å². The van der Waals surface area contributed by atoms with Crippen LogP contribution < -0.4 is 15.3 Å². The van der Waals surface area contributed by atoms with Gasteiger partial charge in [0.1, 0.15) is 23.2 Å². The van der Waals surface area contributed by atoms with Gasteiger partial charge in [-0.15, -0.1) is 0 Å². The number of carbonyl (C=O) groups is 1. The van der Waals surface area contributed by atoms with Crippen molar-refractivity contribution in [1.29, 1.82) is 5.26 Å². The number of aryl methyl sites for hydroxylation is 1. The van der Waals surface area contributed by atoms with E-state index in [-0.39, 0.29) is 17.4 Å². The van der Waals surface area contributed by atoms with E-state index in [0.29, 0.717) is 71.3 Å². The molecule has 3 aromatic heterocycles. The number of fused-ring (bicyclic) bond motifs is 1. The first-order valence-corrected chi connectivity index (χ1v) is 16.0. The normalized spacial score (nSPS) is 17.9. The van der Waals surface area contributed by atoms with Crippen molar-refractivity contribution in [1.82, 2.24) is 24.4 Å². The van der Waals surface area contributed by atoms with Gasteiger partial charge in [0.25, 0.3) is 0 Å². The number of benzene rings is 1. The van der Waals surface area contributed by atoms with Crippen LogP contribution in [-0.2, 0) is 4.74 Å². The number of carbonyl (C=O) groups excluding carboxylic acids is 1. The van der Waals surface area contributed by atoms with E-state index < -0.39 is 11.3 Å². The largest absolute Gasteiger partial charge is 0.496 e. The van der Waals surface area contributed by atoms with E-state index in [0.717, 1.165) is 24.1 Å². The van der Waals surface area contributed by atoms with Crippen molar-refractivity contribution in [3.05, 3.63) is 69.9 Å². The molecule has 244 valence electrons. The molecule has 2 fully saturated rings. The second kappa shape index (κ2) is 12.0. The number of rotatable bonds is 5. The highest BCUT2D eigenvalue weighted by Crippen LogP contribution is 2.43. The summed E-state index contributed by atoms with van der Waals surface area (Å²) in [6.45, 7) is 14.1. The van der Waals surface area contributed by atoms with E-state index in [4.69, 9.17) is 19.4 Å². The maximum absolute atomic E-state index is 14.2. The molecule has 6 rings (SSSR count). The Morgan fingerprint density at radius 1 is 1.09 bits per heavy atom. The monoisotopic (exact) mass is 635 g/mol. The highest BCUT2D eigenvalue weighted by molar-refractivity contribution is 5.92. The molecule has 1 spiro atoms. The third-order valence-electron chi connectivity index (χ3n) is 9.08. The van der Waals surface area contributed by atoms with Crippen LogP contribution in [0.25, 0.3) is 28.0 Å². The van der Waals surface area contributed by atoms with E-state index in [1.165, 1.54) is 0 Å². The van der Waals surface area contributed by atoms with Gasteiger partial charge in [-0.2, -0.15) is 10.2 Å². The van der Waals surface area contributed by atoms with Crippen LogP contribution in [-0.4, -0.2) is 69.4 Å². The maximum atomic E-state index is 14.2. The van der Waals surface area contributed by atoms with Gasteiger partial charge in [-0.3, -0.25) is 4.98 Å². The third kappa shape index (κ3) is 5.88. The number of methoxy groups -OCH3 is 1. The summed E-state index contributed by atoms with van der Waals surface area (Å²) in [5.74, 6) is 1.07. The molecule has 0 N–H and O–H groups in total. The molecule has 1 unspecified atom stereocenters. The van der Waals surface area contributed by atoms with Crippen LogP contribution in [0, 0.1) is 23.7 Å². The topological polar surface area (TPSA) is 126 Å². The molecule has 11 nitrogen and oxygen atoms in total. The Kier molecular flexibility index (Phi) is 8.16. The molecule has 1 amide bonds. The van der Waals surface area contributed by atoms with E-state index in [9.17, 15) is 14.9 Å². The Morgan fingerprint density at radius 3 is 2.53 bits per heavy atom. The zero-order chi connectivity index (χ0) is 33.7. The minimum Gasteiger partial charge on any atom is -0.496 e. The zero-order valence-corrected chi connectivity index (χ0v) is 28.1.